The first kappa shape index (κ1) is 25.8. The molecule has 0 spiro atoms. The van der Waals surface area contributed by atoms with Crippen LogP contribution in [-0.2, 0) is 26.3 Å². The Balaban J connectivity index is 1.96. The summed E-state index contributed by atoms with van der Waals surface area (Å²) < 4.78 is 29.2. The number of ether oxygens (including phenoxy) is 1. The molecule has 2 aromatic rings. The average molecular weight is 479 g/mol. The number of carboxylic acids is 1. The molecule has 0 fully saturated rings. The first-order valence-electron chi connectivity index (χ1n) is 10.0. The first-order chi connectivity index (χ1) is 15.6. The van der Waals surface area contributed by atoms with E-state index >= 15 is 0 Å². The molecule has 0 aliphatic rings. The van der Waals surface area contributed by atoms with Crippen LogP contribution >= 0.6 is 0 Å². The summed E-state index contributed by atoms with van der Waals surface area (Å²) in [6, 6.07) is 13.6. The van der Waals surface area contributed by atoms with Crippen molar-refractivity contribution >= 4 is 33.9 Å². The Morgan fingerprint density at radius 1 is 1.00 bits per heavy atom. The van der Waals surface area contributed by atoms with E-state index in [9.17, 15) is 22.8 Å². The number of carboxylic acid groups (broad SMARTS) is 1. The SMILES string of the molecule is NS(=O)(=O)NCCCC[C@@H](NC(=O)OCc1ccccc1)C(=O)Nc1ccc(C(=O)O)cc1. The number of hydrogen-bond donors (Lipinski definition) is 5. The van der Waals surface area contributed by atoms with Gasteiger partial charge in [0.25, 0.3) is 10.2 Å². The number of carbonyl (C=O) groups is 3. The van der Waals surface area contributed by atoms with Crippen LogP contribution in [0.1, 0.15) is 35.2 Å². The predicted octanol–water partition coefficient (Wildman–Crippen LogP) is 1.58. The van der Waals surface area contributed by atoms with Gasteiger partial charge in [-0.05, 0) is 49.1 Å². The van der Waals surface area contributed by atoms with Gasteiger partial charge in [0, 0.05) is 12.2 Å². The molecule has 0 unspecified atom stereocenters. The molecule has 2 aromatic carbocycles. The van der Waals surface area contributed by atoms with Crippen LogP contribution in [-0.4, -0.2) is 44.1 Å². The number of anilines is 1. The number of carbonyl (C=O) groups excluding carboxylic acids is 2. The van der Waals surface area contributed by atoms with E-state index in [1.165, 1.54) is 24.3 Å². The summed E-state index contributed by atoms with van der Waals surface area (Å²) in [5, 5.41) is 19.0. The zero-order chi connectivity index (χ0) is 24.3. The van der Waals surface area contributed by atoms with E-state index in [2.05, 4.69) is 15.4 Å². The van der Waals surface area contributed by atoms with E-state index in [4.69, 9.17) is 15.0 Å². The molecule has 0 aliphatic carbocycles. The first-order valence-corrected chi connectivity index (χ1v) is 11.6. The molecule has 12 heteroatoms. The van der Waals surface area contributed by atoms with Crippen molar-refractivity contribution in [2.45, 2.75) is 31.9 Å². The number of hydrogen-bond acceptors (Lipinski definition) is 6. The van der Waals surface area contributed by atoms with Gasteiger partial charge in [-0.2, -0.15) is 8.42 Å². The zero-order valence-electron chi connectivity index (χ0n) is 17.7. The highest BCUT2D eigenvalue weighted by Gasteiger charge is 2.21. The number of aromatic carboxylic acids is 1. The number of alkyl carbamates (subject to hydrolysis) is 1. The van der Waals surface area contributed by atoms with Crippen molar-refractivity contribution in [1.29, 1.82) is 0 Å². The van der Waals surface area contributed by atoms with Gasteiger partial charge in [0.15, 0.2) is 0 Å². The number of nitrogens with two attached hydrogens (primary N) is 1. The number of benzene rings is 2. The van der Waals surface area contributed by atoms with Gasteiger partial charge in [-0.25, -0.2) is 19.5 Å². The lowest BCUT2D eigenvalue weighted by atomic mass is 10.1. The fourth-order valence-electron chi connectivity index (χ4n) is 2.79. The van der Waals surface area contributed by atoms with Crippen molar-refractivity contribution in [2.24, 2.45) is 5.14 Å². The largest absolute Gasteiger partial charge is 0.478 e. The van der Waals surface area contributed by atoms with Gasteiger partial charge in [0.2, 0.25) is 5.91 Å². The second kappa shape index (κ2) is 12.5. The fraction of sp³-hybridized carbons (Fsp3) is 0.286. The lowest BCUT2D eigenvalue weighted by molar-refractivity contribution is -0.118. The van der Waals surface area contributed by atoms with Crippen molar-refractivity contribution in [3.05, 3.63) is 65.7 Å². The Morgan fingerprint density at radius 2 is 1.67 bits per heavy atom. The Labute approximate surface area is 191 Å². The van der Waals surface area contributed by atoms with Gasteiger partial charge >= 0.3 is 12.1 Å². The Kier molecular flexibility index (Phi) is 9.79. The summed E-state index contributed by atoms with van der Waals surface area (Å²) in [4.78, 5) is 35.9. The van der Waals surface area contributed by atoms with Crippen LogP contribution in [0.5, 0.6) is 0 Å². The summed E-state index contributed by atoms with van der Waals surface area (Å²) in [5.74, 6) is -1.63. The molecule has 2 amide bonds. The van der Waals surface area contributed by atoms with E-state index < -0.39 is 34.2 Å². The smallest absolute Gasteiger partial charge is 0.408 e. The van der Waals surface area contributed by atoms with Crippen LogP contribution in [0.4, 0.5) is 10.5 Å². The maximum atomic E-state index is 12.7. The highest BCUT2D eigenvalue weighted by Crippen LogP contribution is 2.12. The Morgan fingerprint density at radius 3 is 2.27 bits per heavy atom. The van der Waals surface area contributed by atoms with Crippen LogP contribution in [0, 0.1) is 0 Å². The minimum Gasteiger partial charge on any atom is -0.478 e. The van der Waals surface area contributed by atoms with Gasteiger partial charge in [0.1, 0.15) is 12.6 Å². The molecule has 1 atom stereocenters. The molecule has 2 rings (SSSR count). The number of amides is 2. The van der Waals surface area contributed by atoms with Crippen molar-refractivity contribution in [3.63, 3.8) is 0 Å². The lowest BCUT2D eigenvalue weighted by Gasteiger charge is -2.18. The average Bonchev–Trinajstić information content (AvgIpc) is 2.77. The molecular formula is C21H26N4O7S. The van der Waals surface area contributed by atoms with Crippen molar-refractivity contribution < 1.29 is 32.6 Å². The third-order valence-electron chi connectivity index (χ3n) is 4.44. The molecule has 11 nitrogen and oxygen atoms in total. The summed E-state index contributed by atoms with van der Waals surface area (Å²) in [6.07, 6.45) is 0.195. The van der Waals surface area contributed by atoms with Gasteiger partial charge in [0.05, 0.1) is 5.56 Å². The lowest BCUT2D eigenvalue weighted by Crippen LogP contribution is -2.44. The highest BCUT2D eigenvalue weighted by atomic mass is 32.2. The van der Waals surface area contributed by atoms with E-state index in [1.807, 2.05) is 6.07 Å². The third-order valence-corrected chi connectivity index (χ3v) is 5.05. The van der Waals surface area contributed by atoms with Gasteiger partial charge < -0.3 is 20.5 Å². The summed E-state index contributed by atoms with van der Waals surface area (Å²) >= 11 is 0. The third kappa shape index (κ3) is 10.1. The fourth-order valence-corrected chi connectivity index (χ4v) is 3.22. The van der Waals surface area contributed by atoms with Gasteiger partial charge in [-0.1, -0.05) is 30.3 Å². The van der Waals surface area contributed by atoms with Crippen LogP contribution in [0.3, 0.4) is 0 Å². The molecule has 6 N–H and O–H groups in total. The van der Waals surface area contributed by atoms with E-state index in [0.717, 1.165) is 5.56 Å². The minimum atomic E-state index is -3.81. The van der Waals surface area contributed by atoms with Gasteiger partial charge in [-0.15, -0.1) is 0 Å². The van der Waals surface area contributed by atoms with Crippen LogP contribution in [0.2, 0.25) is 0 Å². The molecule has 0 aromatic heterocycles. The molecule has 0 radical (unpaired) electrons. The second-order valence-electron chi connectivity index (χ2n) is 7.07. The van der Waals surface area contributed by atoms with Gasteiger partial charge in [-0.3, -0.25) is 4.79 Å². The van der Waals surface area contributed by atoms with Crippen molar-refractivity contribution in [1.82, 2.24) is 10.0 Å². The zero-order valence-corrected chi connectivity index (χ0v) is 18.5. The molecule has 0 bridgehead atoms. The molecule has 0 heterocycles. The topological polar surface area (TPSA) is 177 Å². The number of rotatable bonds is 12. The molecule has 0 saturated carbocycles. The molecule has 0 aliphatic heterocycles. The summed E-state index contributed by atoms with van der Waals surface area (Å²) in [7, 11) is -3.81. The quantitative estimate of drug-likeness (QED) is 0.287. The predicted molar refractivity (Wildman–Crippen MR) is 121 cm³/mol. The maximum Gasteiger partial charge on any atom is 0.408 e. The molecule has 178 valence electrons. The Bertz CT molecular complexity index is 1040. The van der Waals surface area contributed by atoms with Crippen molar-refractivity contribution in [2.75, 3.05) is 11.9 Å². The molecular weight excluding hydrogens is 452 g/mol. The van der Waals surface area contributed by atoms with Crippen molar-refractivity contribution in [3.8, 4) is 0 Å². The summed E-state index contributed by atoms with van der Waals surface area (Å²) in [5.41, 5.74) is 1.20. The molecule has 0 saturated heterocycles. The van der Waals surface area contributed by atoms with Crippen LogP contribution in [0.25, 0.3) is 0 Å². The standard InChI is InChI=1S/C21H26N4O7S/c22-33(30,31)23-13-5-4-8-18(25-21(29)32-14-15-6-2-1-3-7-15)19(26)24-17-11-9-16(10-12-17)20(27)28/h1-3,6-7,9-12,18,23H,4-5,8,13-14H2,(H,24,26)(H,25,29)(H,27,28)(H2,22,30,31)/t18-/m1/s1. The highest BCUT2D eigenvalue weighted by molar-refractivity contribution is 7.87. The summed E-state index contributed by atoms with van der Waals surface area (Å²) in [6.45, 7) is 0.109. The van der Waals surface area contributed by atoms with E-state index in [0.29, 0.717) is 18.5 Å². The second-order valence-corrected chi connectivity index (χ2v) is 8.44. The monoisotopic (exact) mass is 478 g/mol. The van der Waals surface area contributed by atoms with E-state index in [1.54, 1.807) is 24.3 Å². The normalized spacial score (nSPS) is 11.9. The van der Waals surface area contributed by atoms with E-state index in [-0.39, 0.29) is 25.1 Å². The number of nitrogens with one attached hydrogen (secondary N) is 3. The molecule has 33 heavy (non-hydrogen) atoms. The minimum absolute atomic E-state index is 0.0238. The van der Waals surface area contributed by atoms with Crippen LogP contribution < -0.4 is 20.5 Å². The van der Waals surface area contributed by atoms with Crippen LogP contribution in [0.15, 0.2) is 54.6 Å². The Hall–Kier alpha value is -3.48. The number of unbranched alkanes of at least 4 members (excludes halogenated alkanes) is 1. The maximum absolute atomic E-state index is 12.7.